The largest absolute Gasteiger partial charge is 0.338 e. The zero-order valence-electron chi connectivity index (χ0n) is 11.9. The maximum atomic E-state index is 11.7. The molecule has 1 heterocycles. The van der Waals surface area contributed by atoms with Crippen molar-refractivity contribution >= 4 is 29.6 Å². The van der Waals surface area contributed by atoms with Gasteiger partial charge in [0.25, 0.3) is 0 Å². The fraction of sp³-hybridized carbons (Fsp3) is 0.533. The third kappa shape index (κ3) is 4.63. The van der Waals surface area contributed by atoms with E-state index in [4.69, 9.17) is 0 Å². The lowest BCUT2D eigenvalue weighted by atomic mass is 10.0. The van der Waals surface area contributed by atoms with Gasteiger partial charge in [-0.05, 0) is 41.7 Å². The van der Waals surface area contributed by atoms with Gasteiger partial charge in [-0.3, -0.25) is 0 Å². The van der Waals surface area contributed by atoms with E-state index in [9.17, 15) is 4.79 Å². The number of fused-ring (bicyclic) bond motifs is 1. The highest BCUT2D eigenvalue weighted by molar-refractivity contribution is 7.99. The average molecular weight is 310 g/mol. The molecule has 0 saturated carbocycles. The van der Waals surface area contributed by atoms with E-state index >= 15 is 0 Å². The monoisotopic (exact) mass is 310 g/mol. The van der Waals surface area contributed by atoms with Crippen LogP contribution in [0.25, 0.3) is 0 Å². The summed E-state index contributed by atoms with van der Waals surface area (Å²) in [6.45, 7) is 1.46. The quantitative estimate of drug-likeness (QED) is 0.794. The highest BCUT2D eigenvalue weighted by atomic mass is 32.2. The van der Waals surface area contributed by atoms with Crippen molar-refractivity contribution < 1.29 is 4.79 Å². The second kappa shape index (κ2) is 8.47. The average Bonchev–Trinajstić information content (AvgIpc) is 2.49. The van der Waals surface area contributed by atoms with Crippen LogP contribution in [0.4, 0.5) is 4.79 Å². The van der Waals surface area contributed by atoms with Crippen LogP contribution in [0.1, 0.15) is 22.8 Å². The molecular formula is C15H22N2OS2. The van der Waals surface area contributed by atoms with Crippen LogP contribution in [-0.2, 0) is 6.42 Å². The number of carbonyl (C=O) groups is 1. The molecular weight excluding hydrogens is 288 g/mol. The standard InChI is InChI=1S/C15H22N2OS2/c1-19-9-4-8-16-15(18)17-11-14-13-6-3-2-5-12(13)7-10-20-14/h2-3,5-6,14H,4,7-11H2,1H3,(H2,16,17,18). The lowest BCUT2D eigenvalue weighted by Gasteiger charge is -2.25. The minimum atomic E-state index is -0.0465. The second-order valence-electron chi connectivity index (χ2n) is 4.79. The Morgan fingerprint density at radius 1 is 1.40 bits per heavy atom. The molecule has 0 bridgehead atoms. The number of thioether (sulfide) groups is 2. The van der Waals surface area contributed by atoms with Gasteiger partial charge in [0.15, 0.2) is 0 Å². The van der Waals surface area contributed by atoms with Gasteiger partial charge < -0.3 is 10.6 Å². The molecule has 0 fully saturated rings. The summed E-state index contributed by atoms with van der Waals surface area (Å²) in [6, 6.07) is 8.52. The Hall–Kier alpha value is -0.810. The number of aryl methyl sites for hydroxylation is 1. The molecule has 1 aliphatic rings. The van der Waals surface area contributed by atoms with Gasteiger partial charge in [-0.1, -0.05) is 24.3 Å². The molecule has 110 valence electrons. The second-order valence-corrected chi connectivity index (χ2v) is 7.09. The minimum Gasteiger partial charge on any atom is -0.338 e. The fourth-order valence-electron chi connectivity index (χ4n) is 2.31. The summed E-state index contributed by atoms with van der Waals surface area (Å²) in [5, 5.41) is 6.29. The normalized spacial score (nSPS) is 17.4. The molecule has 0 aliphatic carbocycles. The van der Waals surface area contributed by atoms with Crippen molar-refractivity contribution in [1.82, 2.24) is 10.6 Å². The van der Waals surface area contributed by atoms with E-state index in [1.54, 1.807) is 11.8 Å². The predicted molar refractivity (Wildman–Crippen MR) is 89.7 cm³/mol. The summed E-state index contributed by atoms with van der Waals surface area (Å²) in [7, 11) is 0. The van der Waals surface area contributed by atoms with E-state index in [-0.39, 0.29) is 6.03 Å². The number of carbonyl (C=O) groups excluding carboxylic acids is 1. The van der Waals surface area contributed by atoms with E-state index in [0.717, 1.165) is 30.9 Å². The van der Waals surface area contributed by atoms with Crippen molar-refractivity contribution in [3.63, 3.8) is 0 Å². The summed E-state index contributed by atoms with van der Waals surface area (Å²) >= 11 is 3.74. The van der Waals surface area contributed by atoms with E-state index in [2.05, 4.69) is 41.2 Å². The zero-order valence-corrected chi connectivity index (χ0v) is 13.5. The Morgan fingerprint density at radius 3 is 3.10 bits per heavy atom. The van der Waals surface area contributed by atoms with Gasteiger partial charge in [0, 0.05) is 18.3 Å². The molecule has 1 unspecified atom stereocenters. The molecule has 5 heteroatoms. The number of hydrogen-bond acceptors (Lipinski definition) is 3. The number of nitrogens with one attached hydrogen (secondary N) is 2. The predicted octanol–water partition coefficient (Wildman–Crippen LogP) is 3.07. The van der Waals surface area contributed by atoms with Gasteiger partial charge in [0.2, 0.25) is 0 Å². The Labute approximate surface area is 129 Å². The smallest absolute Gasteiger partial charge is 0.314 e. The summed E-state index contributed by atoms with van der Waals surface area (Å²) < 4.78 is 0. The molecule has 0 spiro atoms. The van der Waals surface area contributed by atoms with Crippen LogP contribution in [0.3, 0.4) is 0 Å². The molecule has 0 radical (unpaired) electrons. The van der Waals surface area contributed by atoms with E-state index in [1.165, 1.54) is 11.1 Å². The van der Waals surface area contributed by atoms with Gasteiger partial charge in [0.1, 0.15) is 0 Å². The van der Waals surface area contributed by atoms with Gasteiger partial charge in [-0.2, -0.15) is 23.5 Å². The minimum absolute atomic E-state index is 0.0465. The van der Waals surface area contributed by atoms with Crippen LogP contribution in [0.15, 0.2) is 24.3 Å². The lowest BCUT2D eigenvalue weighted by molar-refractivity contribution is 0.241. The molecule has 0 saturated heterocycles. The van der Waals surface area contributed by atoms with Gasteiger partial charge >= 0.3 is 6.03 Å². The van der Waals surface area contributed by atoms with E-state index < -0.39 is 0 Å². The van der Waals surface area contributed by atoms with Crippen LogP contribution in [0.5, 0.6) is 0 Å². The highest BCUT2D eigenvalue weighted by Gasteiger charge is 2.20. The summed E-state index contributed by atoms with van der Waals surface area (Å²) in [5.74, 6) is 2.23. The maximum Gasteiger partial charge on any atom is 0.314 e. The molecule has 0 aromatic heterocycles. The zero-order chi connectivity index (χ0) is 14.2. The Balaban J connectivity index is 1.76. The third-order valence-electron chi connectivity index (χ3n) is 3.35. The number of urea groups is 1. The van der Waals surface area contributed by atoms with Crippen molar-refractivity contribution in [3.8, 4) is 0 Å². The van der Waals surface area contributed by atoms with Crippen molar-refractivity contribution in [2.24, 2.45) is 0 Å². The number of benzene rings is 1. The number of rotatable bonds is 6. The molecule has 1 atom stereocenters. The SMILES string of the molecule is CSCCCNC(=O)NCC1SCCc2ccccc21. The lowest BCUT2D eigenvalue weighted by Crippen LogP contribution is -2.38. The molecule has 2 N–H and O–H groups in total. The van der Waals surface area contributed by atoms with Gasteiger partial charge in [-0.25, -0.2) is 4.79 Å². The van der Waals surface area contributed by atoms with Crippen LogP contribution >= 0.6 is 23.5 Å². The van der Waals surface area contributed by atoms with Crippen molar-refractivity contribution in [2.45, 2.75) is 18.1 Å². The number of hydrogen-bond donors (Lipinski definition) is 2. The van der Waals surface area contributed by atoms with E-state index in [1.807, 2.05) is 11.8 Å². The summed E-state index contributed by atoms with van der Waals surface area (Å²) in [5.41, 5.74) is 2.81. The topological polar surface area (TPSA) is 41.1 Å². The molecule has 2 rings (SSSR count). The maximum absolute atomic E-state index is 11.7. The van der Waals surface area contributed by atoms with Crippen molar-refractivity contribution in [2.75, 3.05) is 30.9 Å². The van der Waals surface area contributed by atoms with Crippen LogP contribution in [-0.4, -0.2) is 36.9 Å². The molecule has 1 aromatic carbocycles. The third-order valence-corrected chi connectivity index (χ3v) is 5.31. The molecule has 2 amide bonds. The Kier molecular flexibility index (Phi) is 6.60. The number of amides is 2. The Morgan fingerprint density at radius 2 is 2.25 bits per heavy atom. The van der Waals surface area contributed by atoms with Crippen LogP contribution in [0.2, 0.25) is 0 Å². The fourth-order valence-corrected chi connectivity index (χ4v) is 3.98. The van der Waals surface area contributed by atoms with Gasteiger partial charge in [0.05, 0.1) is 0 Å². The molecule has 1 aromatic rings. The first-order valence-corrected chi connectivity index (χ1v) is 9.45. The van der Waals surface area contributed by atoms with Crippen molar-refractivity contribution in [1.29, 1.82) is 0 Å². The summed E-state index contributed by atoms with van der Waals surface area (Å²) in [6.07, 6.45) is 4.24. The summed E-state index contributed by atoms with van der Waals surface area (Å²) in [4.78, 5) is 11.7. The first kappa shape index (κ1) is 15.6. The highest BCUT2D eigenvalue weighted by Crippen LogP contribution is 2.35. The molecule has 3 nitrogen and oxygen atoms in total. The Bertz CT molecular complexity index is 440. The van der Waals surface area contributed by atoms with E-state index in [0.29, 0.717) is 11.8 Å². The first-order valence-electron chi connectivity index (χ1n) is 7.01. The molecule has 1 aliphatic heterocycles. The molecule has 20 heavy (non-hydrogen) atoms. The first-order chi connectivity index (χ1) is 9.81. The van der Waals surface area contributed by atoms with Crippen LogP contribution in [0, 0.1) is 0 Å². The van der Waals surface area contributed by atoms with Crippen LogP contribution < -0.4 is 10.6 Å². The van der Waals surface area contributed by atoms with Gasteiger partial charge in [-0.15, -0.1) is 0 Å². The van der Waals surface area contributed by atoms with Crippen molar-refractivity contribution in [3.05, 3.63) is 35.4 Å².